The van der Waals surface area contributed by atoms with Crippen LogP contribution in [0.5, 0.6) is 0 Å². The molecular weight excluding hydrogens is 286 g/mol. The second-order valence-electron chi connectivity index (χ2n) is 6.07. The molecule has 5 heteroatoms. The topological polar surface area (TPSA) is 46.0 Å². The van der Waals surface area contributed by atoms with Crippen molar-refractivity contribution in [3.63, 3.8) is 0 Å². The number of aryl methyl sites for hydroxylation is 2. The largest absolute Gasteiger partial charge is 0.369 e. The Balaban J connectivity index is 1.70. The third-order valence-corrected chi connectivity index (χ3v) is 4.67. The molecule has 23 heavy (non-hydrogen) atoms. The maximum atomic E-state index is 4.42. The fraction of sp³-hybridized carbons (Fsp3) is 0.333. The Labute approximate surface area is 136 Å². The monoisotopic (exact) mass is 307 g/mol. The molecule has 0 atom stereocenters. The van der Waals surface area contributed by atoms with Crippen LogP contribution in [0.2, 0.25) is 0 Å². The lowest BCUT2D eigenvalue weighted by molar-refractivity contribution is 0.589. The Morgan fingerprint density at radius 3 is 2.48 bits per heavy atom. The molecule has 0 unspecified atom stereocenters. The van der Waals surface area contributed by atoms with E-state index in [0.29, 0.717) is 0 Å². The van der Waals surface area contributed by atoms with Crippen molar-refractivity contribution in [1.29, 1.82) is 0 Å². The first-order valence-electron chi connectivity index (χ1n) is 8.07. The SMILES string of the molecule is Cc1ncnc2c1cc(-c1ccc(N3CCNCC3)cc1)n2C. The van der Waals surface area contributed by atoms with Gasteiger partial charge in [0.25, 0.3) is 0 Å². The molecule has 0 spiro atoms. The molecule has 1 aliphatic rings. The summed E-state index contributed by atoms with van der Waals surface area (Å²) in [5, 5.41) is 4.51. The maximum absolute atomic E-state index is 4.42. The normalized spacial score (nSPS) is 15.3. The fourth-order valence-corrected chi connectivity index (χ4v) is 3.30. The van der Waals surface area contributed by atoms with E-state index in [4.69, 9.17) is 0 Å². The highest BCUT2D eigenvalue weighted by Gasteiger charge is 2.13. The second-order valence-corrected chi connectivity index (χ2v) is 6.07. The first-order valence-corrected chi connectivity index (χ1v) is 8.07. The zero-order valence-electron chi connectivity index (χ0n) is 13.6. The minimum absolute atomic E-state index is 0.985. The Morgan fingerprint density at radius 2 is 1.78 bits per heavy atom. The summed E-state index contributed by atoms with van der Waals surface area (Å²) < 4.78 is 2.14. The van der Waals surface area contributed by atoms with E-state index in [0.717, 1.165) is 42.9 Å². The first kappa shape index (κ1) is 14.2. The Morgan fingerprint density at radius 1 is 1.04 bits per heavy atom. The fourth-order valence-electron chi connectivity index (χ4n) is 3.30. The van der Waals surface area contributed by atoms with Crippen molar-refractivity contribution >= 4 is 16.7 Å². The lowest BCUT2D eigenvalue weighted by Gasteiger charge is -2.29. The van der Waals surface area contributed by atoms with Gasteiger partial charge in [0, 0.05) is 44.3 Å². The Bertz CT molecular complexity index is 828. The number of hydrogen-bond donors (Lipinski definition) is 1. The molecular formula is C18H21N5. The van der Waals surface area contributed by atoms with Gasteiger partial charge in [0.1, 0.15) is 12.0 Å². The van der Waals surface area contributed by atoms with Gasteiger partial charge in [-0.2, -0.15) is 0 Å². The lowest BCUT2D eigenvalue weighted by Crippen LogP contribution is -2.43. The van der Waals surface area contributed by atoms with Crippen LogP contribution >= 0.6 is 0 Å². The van der Waals surface area contributed by atoms with Crippen LogP contribution in [0.4, 0.5) is 5.69 Å². The molecule has 0 aliphatic carbocycles. The highest BCUT2D eigenvalue weighted by atomic mass is 15.2. The molecule has 3 aromatic rings. The smallest absolute Gasteiger partial charge is 0.143 e. The van der Waals surface area contributed by atoms with Crippen molar-refractivity contribution in [2.45, 2.75) is 6.92 Å². The molecule has 0 radical (unpaired) electrons. The zero-order chi connectivity index (χ0) is 15.8. The van der Waals surface area contributed by atoms with E-state index in [-0.39, 0.29) is 0 Å². The van der Waals surface area contributed by atoms with Gasteiger partial charge in [0.2, 0.25) is 0 Å². The highest BCUT2D eigenvalue weighted by Crippen LogP contribution is 2.28. The number of rotatable bonds is 2. The Kier molecular flexibility index (Phi) is 3.50. The van der Waals surface area contributed by atoms with Gasteiger partial charge in [0.05, 0.1) is 11.4 Å². The molecule has 0 bridgehead atoms. The molecule has 2 aromatic heterocycles. The van der Waals surface area contributed by atoms with Gasteiger partial charge in [-0.1, -0.05) is 12.1 Å². The molecule has 1 fully saturated rings. The van der Waals surface area contributed by atoms with Gasteiger partial charge in [-0.25, -0.2) is 9.97 Å². The van der Waals surface area contributed by atoms with E-state index in [2.05, 4.69) is 62.1 Å². The molecule has 0 saturated carbocycles. The van der Waals surface area contributed by atoms with Crippen molar-refractivity contribution in [2.75, 3.05) is 31.1 Å². The highest BCUT2D eigenvalue weighted by molar-refractivity contribution is 5.85. The molecule has 1 saturated heterocycles. The standard InChI is InChI=1S/C18H21N5/c1-13-16-11-17(22(2)18(16)21-12-20-13)14-3-5-15(6-4-14)23-9-7-19-8-10-23/h3-6,11-12,19H,7-10H2,1-2H3. The van der Waals surface area contributed by atoms with Crippen LogP contribution in [0.1, 0.15) is 5.69 Å². The van der Waals surface area contributed by atoms with Crippen LogP contribution in [-0.2, 0) is 7.05 Å². The maximum Gasteiger partial charge on any atom is 0.143 e. The van der Waals surface area contributed by atoms with Crippen molar-refractivity contribution < 1.29 is 0 Å². The van der Waals surface area contributed by atoms with E-state index in [1.807, 2.05) is 6.92 Å². The third kappa shape index (κ3) is 2.47. The van der Waals surface area contributed by atoms with E-state index in [9.17, 15) is 0 Å². The predicted octanol–water partition coefficient (Wildman–Crippen LogP) is 2.35. The molecule has 1 aliphatic heterocycles. The summed E-state index contributed by atoms with van der Waals surface area (Å²) in [5.41, 5.74) is 5.69. The van der Waals surface area contributed by atoms with Gasteiger partial charge < -0.3 is 14.8 Å². The minimum atomic E-state index is 0.985. The van der Waals surface area contributed by atoms with Crippen LogP contribution in [0, 0.1) is 6.92 Å². The minimum Gasteiger partial charge on any atom is -0.369 e. The van der Waals surface area contributed by atoms with Crippen molar-refractivity contribution in [1.82, 2.24) is 19.9 Å². The summed E-state index contributed by atoms with van der Waals surface area (Å²) in [6.45, 7) is 6.29. The summed E-state index contributed by atoms with van der Waals surface area (Å²) in [6.07, 6.45) is 1.63. The van der Waals surface area contributed by atoms with E-state index in [1.165, 1.54) is 16.9 Å². The van der Waals surface area contributed by atoms with Gasteiger partial charge in [-0.15, -0.1) is 0 Å². The van der Waals surface area contributed by atoms with Crippen LogP contribution in [0.3, 0.4) is 0 Å². The summed E-state index contributed by atoms with van der Waals surface area (Å²) in [5.74, 6) is 0. The third-order valence-electron chi connectivity index (χ3n) is 4.67. The van der Waals surface area contributed by atoms with Gasteiger partial charge in [-0.05, 0) is 30.7 Å². The van der Waals surface area contributed by atoms with E-state index in [1.54, 1.807) is 6.33 Å². The predicted molar refractivity (Wildman–Crippen MR) is 93.8 cm³/mol. The number of nitrogens with one attached hydrogen (secondary N) is 1. The number of benzene rings is 1. The second kappa shape index (κ2) is 5.66. The lowest BCUT2D eigenvalue weighted by atomic mass is 10.1. The van der Waals surface area contributed by atoms with Gasteiger partial charge >= 0.3 is 0 Å². The van der Waals surface area contributed by atoms with Crippen LogP contribution < -0.4 is 10.2 Å². The number of hydrogen-bond acceptors (Lipinski definition) is 4. The molecule has 1 aromatic carbocycles. The zero-order valence-corrected chi connectivity index (χ0v) is 13.6. The van der Waals surface area contributed by atoms with E-state index >= 15 is 0 Å². The van der Waals surface area contributed by atoms with Gasteiger partial charge in [0.15, 0.2) is 0 Å². The van der Waals surface area contributed by atoms with Crippen molar-refractivity contribution in [3.05, 3.63) is 42.4 Å². The average Bonchev–Trinajstić information content (AvgIpc) is 2.94. The molecule has 118 valence electrons. The van der Waals surface area contributed by atoms with Crippen LogP contribution in [-0.4, -0.2) is 40.7 Å². The summed E-state index contributed by atoms with van der Waals surface area (Å²) in [4.78, 5) is 11.1. The summed E-state index contributed by atoms with van der Waals surface area (Å²) in [7, 11) is 2.06. The van der Waals surface area contributed by atoms with Gasteiger partial charge in [-0.3, -0.25) is 0 Å². The molecule has 4 rings (SSSR count). The molecule has 3 heterocycles. The summed E-state index contributed by atoms with van der Waals surface area (Å²) >= 11 is 0. The molecule has 0 amide bonds. The first-order chi connectivity index (χ1) is 11.2. The number of anilines is 1. The van der Waals surface area contributed by atoms with Crippen LogP contribution in [0.15, 0.2) is 36.7 Å². The quantitative estimate of drug-likeness (QED) is 0.789. The number of fused-ring (bicyclic) bond motifs is 1. The number of nitrogens with zero attached hydrogens (tertiary/aromatic N) is 4. The number of aromatic nitrogens is 3. The average molecular weight is 307 g/mol. The molecule has 1 N–H and O–H groups in total. The van der Waals surface area contributed by atoms with Crippen LogP contribution in [0.25, 0.3) is 22.3 Å². The number of piperazine rings is 1. The Hall–Kier alpha value is -2.40. The van der Waals surface area contributed by atoms with E-state index < -0.39 is 0 Å². The molecule has 5 nitrogen and oxygen atoms in total. The van der Waals surface area contributed by atoms with Crippen molar-refractivity contribution in [3.8, 4) is 11.3 Å². The van der Waals surface area contributed by atoms with Crippen molar-refractivity contribution in [2.24, 2.45) is 7.05 Å². The summed E-state index contributed by atoms with van der Waals surface area (Å²) in [6, 6.07) is 11.0.